The normalized spacial score (nSPS) is 19.0. The van der Waals surface area contributed by atoms with Gasteiger partial charge in [-0.05, 0) is 56.9 Å². The molecule has 150 valence electrons. The maximum absolute atomic E-state index is 11.8. The van der Waals surface area contributed by atoms with Gasteiger partial charge in [0.05, 0.1) is 24.1 Å². The van der Waals surface area contributed by atoms with E-state index in [1.165, 1.54) is 31.9 Å². The van der Waals surface area contributed by atoms with E-state index in [1.807, 2.05) is 24.3 Å². The van der Waals surface area contributed by atoms with Gasteiger partial charge in [-0.1, -0.05) is 12.8 Å². The Hall–Kier alpha value is -2.34. The lowest BCUT2D eigenvalue weighted by Crippen LogP contribution is -2.43. The van der Waals surface area contributed by atoms with E-state index in [1.54, 1.807) is 17.8 Å². The lowest BCUT2D eigenvalue weighted by atomic mass is 10.0. The topological polar surface area (TPSA) is 56.6 Å². The summed E-state index contributed by atoms with van der Waals surface area (Å²) >= 11 is 0. The molecule has 28 heavy (non-hydrogen) atoms. The van der Waals surface area contributed by atoms with E-state index in [4.69, 9.17) is 9.47 Å². The van der Waals surface area contributed by atoms with Gasteiger partial charge in [0.1, 0.15) is 11.9 Å². The van der Waals surface area contributed by atoms with Crippen LogP contribution in [0.5, 0.6) is 5.75 Å². The molecule has 2 aliphatic rings. The molecule has 2 fully saturated rings. The van der Waals surface area contributed by atoms with Gasteiger partial charge in [0.25, 0.3) is 0 Å². The highest BCUT2D eigenvalue weighted by Gasteiger charge is 2.27. The number of rotatable bonds is 6. The molecule has 0 atom stereocenters. The predicted octanol–water partition coefficient (Wildman–Crippen LogP) is 3.83. The number of esters is 1. The molecule has 1 saturated heterocycles. The first-order valence-electron chi connectivity index (χ1n) is 10.5. The first-order chi connectivity index (χ1) is 13.7. The number of carbonyl (C=O) groups excluding carboxylic acids is 1. The van der Waals surface area contributed by atoms with Crippen molar-refractivity contribution in [2.24, 2.45) is 0 Å². The molecule has 4 rings (SSSR count). The number of benzene rings is 1. The van der Waals surface area contributed by atoms with Gasteiger partial charge in [-0.25, -0.2) is 9.48 Å². The maximum atomic E-state index is 11.8. The van der Waals surface area contributed by atoms with Crippen LogP contribution in [0, 0.1) is 0 Å². The van der Waals surface area contributed by atoms with Crippen molar-refractivity contribution in [1.82, 2.24) is 14.7 Å². The van der Waals surface area contributed by atoms with Gasteiger partial charge in [-0.3, -0.25) is 0 Å². The van der Waals surface area contributed by atoms with Crippen LogP contribution in [-0.4, -0.2) is 52.5 Å². The first kappa shape index (κ1) is 19.0. The number of piperidine rings is 1. The Morgan fingerprint density at radius 3 is 2.50 bits per heavy atom. The third-order valence-corrected chi connectivity index (χ3v) is 5.82. The van der Waals surface area contributed by atoms with Crippen LogP contribution in [0.1, 0.15) is 55.8 Å². The zero-order chi connectivity index (χ0) is 19.3. The largest absolute Gasteiger partial charge is 0.490 e. The summed E-state index contributed by atoms with van der Waals surface area (Å²) < 4.78 is 12.9. The zero-order valence-corrected chi connectivity index (χ0v) is 16.5. The summed E-state index contributed by atoms with van der Waals surface area (Å²) in [5, 5.41) is 4.25. The van der Waals surface area contributed by atoms with Gasteiger partial charge in [-0.15, -0.1) is 0 Å². The Labute approximate surface area is 166 Å². The van der Waals surface area contributed by atoms with Crippen molar-refractivity contribution in [3.05, 3.63) is 42.2 Å². The van der Waals surface area contributed by atoms with Crippen LogP contribution in [0.25, 0.3) is 5.69 Å². The van der Waals surface area contributed by atoms with Gasteiger partial charge < -0.3 is 14.4 Å². The smallest absolute Gasteiger partial charge is 0.341 e. The number of aromatic nitrogens is 2. The Kier molecular flexibility index (Phi) is 5.95. The quantitative estimate of drug-likeness (QED) is 0.710. The van der Waals surface area contributed by atoms with Crippen LogP contribution in [0.2, 0.25) is 0 Å². The van der Waals surface area contributed by atoms with Gasteiger partial charge in [-0.2, -0.15) is 5.10 Å². The molecule has 0 radical (unpaired) electrons. The summed E-state index contributed by atoms with van der Waals surface area (Å²) in [7, 11) is 0. The second-order valence-corrected chi connectivity index (χ2v) is 7.68. The minimum atomic E-state index is -0.349. The Balaban J connectivity index is 1.31. The molecule has 0 amide bonds. The van der Waals surface area contributed by atoms with Crippen LogP contribution >= 0.6 is 0 Å². The third-order valence-electron chi connectivity index (χ3n) is 5.82. The van der Waals surface area contributed by atoms with E-state index >= 15 is 0 Å². The molecule has 0 N–H and O–H groups in total. The number of hydrogen-bond donors (Lipinski definition) is 0. The molecule has 6 heteroatoms. The molecule has 0 spiro atoms. The summed E-state index contributed by atoms with van der Waals surface area (Å²) in [6, 6.07) is 8.69. The maximum Gasteiger partial charge on any atom is 0.341 e. The third kappa shape index (κ3) is 4.38. The number of hydrogen-bond acceptors (Lipinski definition) is 5. The fraction of sp³-hybridized carbons (Fsp3) is 0.545. The summed E-state index contributed by atoms with van der Waals surface area (Å²) in [6.45, 7) is 4.45. The lowest BCUT2D eigenvalue weighted by molar-refractivity contribution is 0.0526. The monoisotopic (exact) mass is 383 g/mol. The van der Waals surface area contributed by atoms with Crippen molar-refractivity contribution in [1.29, 1.82) is 0 Å². The average Bonchev–Trinajstić information content (AvgIpc) is 3.42. The lowest BCUT2D eigenvalue weighted by Gasteiger charge is -2.36. The van der Waals surface area contributed by atoms with Gasteiger partial charge >= 0.3 is 5.97 Å². The van der Waals surface area contributed by atoms with Crippen LogP contribution in [0.15, 0.2) is 36.7 Å². The van der Waals surface area contributed by atoms with Crippen molar-refractivity contribution in [3.8, 4) is 11.4 Å². The van der Waals surface area contributed by atoms with Crippen molar-refractivity contribution in [2.45, 2.75) is 57.6 Å². The van der Waals surface area contributed by atoms with E-state index in [0.29, 0.717) is 18.3 Å². The molecule has 1 aromatic heterocycles. The molecule has 1 aromatic carbocycles. The second-order valence-electron chi connectivity index (χ2n) is 7.68. The standard InChI is InChI=1S/C22H29N3O3/c1-2-27-22(26)17-15-23-25(16-17)19-7-9-20(10-8-19)28-21-11-13-24(14-12-21)18-5-3-4-6-18/h7-10,15-16,18,21H,2-6,11-14H2,1H3. The minimum absolute atomic E-state index is 0.295. The Morgan fingerprint density at radius 2 is 1.82 bits per heavy atom. The van der Waals surface area contributed by atoms with Crippen LogP contribution < -0.4 is 4.74 Å². The van der Waals surface area contributed by atoms with Crippen molar-refractivity contribution in [3.63, 3.8) is 0 Å². The van der Waals surface area contributed by atoms with Gasteiger partial charge in [0, 0.05) is 25.3 Å². The molecular weight excluding hydrogens is 354 g/mol. The average molecular weight is 383 g/mol. The first-order valence-corrected chi connectivity index (χ1v) is 10.5. The molecule has 1 aliphatic heterocycles. The summed E-state index contributed by atoms with van der Waals surface area (Å²) in [5.74, 6) is 0.540. The SMILES string of the molecule is CCOC(=O)c1cnn(-c2ccc(OC3CCN(C4CCCC4)CC3)cc2)c1. The highest BCUT2D eigenvalue weighted by Crippen LogP contribution is 2.27. The summed E-state index contributed by atoms with van der Waals surface area (Å²) in [4.78, 5) is 14.4. The number of carbonyl (C=O) groups is 1. The molecule has 1 aliphatic carbocycles. The summed E-state index contributed by atoms with van der Waals surface area (Å²) in [5.41, 5.74) is 1.34. The zero-order valence-electron chi connectivity index (χ0n) is 16.5. The van der Waals surface area contributed by atoms with Crippen LogP contribution in [0.4, 0.5) is 0 Å². The highest BCUT2D eigenvalue weighted by atomic mass is 16.5. The van der Waals surface area contributed by atoms with Gasteiger partial charge in [0.15, 0.2) is 0 Å². The Morgan fingerprint density at radius 1 is 1.11 bits per heavy atom. The molecule has 2 aromatic rings. The molecule has 2 heterocycles. The molecule has 0 unspecified atom stereocenters. The number of likely N-dealkylation sites (tertiary alicyclic amines) is 1. The highest BCUT2D eigenvalue weighted by molar-refractivity contribution is 5.88. The molecule has 1 saturated carbocycles. The fourth-order valence-electron chi connectivity index (χ4n) is 4.28. The van der Waals surface area contributed by atoms with Gasteiger partial charge in [0.2, 0.25) is 0 Å². The second kappa shape index (κ2) is 8.78. The van der Waals surface area contributed by atoms with Crippen LogP contribution in [0.3, 0.4) is 0 Å². The Bertz CT molecular complexity index is 773. The molecular formula is C22H29N3O3. The number of ether oxygens (including phenoxy) is 2. The minimum Gasteiger partial charge on any atom is -0.490 e. The van der Waals surface area contributed by atoms with E-state index in [2.05, 4.69) is 10.00 Å². The fourth-order valence-corrected chi connectivity index (χ4v) is 4.28. The van der Waals surface area contributed by atoms with Crippen molar-refractivity contribution >= 4 is 5.97 Å². The van der Waals surface area contributed by atoms with E-state index in [9.17, 15) is 4.79 Å². The van der Waals surface area contributed by atoms with Crippen LogP contribution in [-0.2, 0) is 4.74 Å². The number of nitrogens with zero attached hydrogens (tertiary/aromatic N) is 3. The van der Waals surface area contributed by atoms with Crippen molar-refractivity contribution < 1.29 is 14.3 Å². The van der Waals surface area contributed by atoms with E-state index < -0.39 is 0 Å². The molecule has 6 nitrogen and oxygen atoms in total. The van der Waals surface area contributed by atoms with E-state index in [0.717, 1.165) is 43.4 Å². The predicted molar refractivity (Wildman–Crippen MR) is 107 cm³/mol. The summed E-state index contributed by atoms with van der Waals surface area (Å²) in [6.07, 6.45) is 11.2. The van der Waals surface area contributed by atoms with E-state index in [-0.39, 0.29) is 5.97 Å². The van der Waals surface area contributed by atoms with Crippen molar-refractivity contribution in [2.75, 3.05) is 19.7 Å². The molecule has 0 bridgehead atoms.